The van der Waals surface area contributed by atoms with E-state index in [1.54, 1.807) is 27.5 Å². The van der Waals surface area contributed by atoms with Gasteiger partial charge in [0.15, 0.2) is 11.5 Å². The number of rotatable bonds is 6. The molecule has 0 saturated heterocycles. The molecule has 0 unspecified atom stereocenters. The summed E-state index contributed by atoms with van der Waals surface area (Å²) in [6, 6.07) is 5.66. The predicted octanol–water partition coefficient (Wildman–Crippen LogP) is 3.14. The highest BCUT2D eigenvalue weighted by Crippen LogP contribution is 2.45. The highest BCUT2D eigenvalue weighted by molar-refractivity contribution is 7.23. The molecule has 25 heavy (non-hydrogen) atoms. The molecule has 3 aromatic rings. The van der Waals surface area contributed by atoms with Gasteiger partial charge in [-0.1, -0.05) is 0 Å². The van der Waals surface area contributed by atoms with Crippen molar-refractivity contribution < 1.29 is 19.0 Å². The third kappa shape index (κ3) is 2.91. The summed E-state index contributed by atoms with van der Waals surface area (Å²) in [5.74, 6) is 2.05. The van der Waals surface area contributed by atoms with Gasteiger partial charge in [0.05, 0.1) is 37.9 Å². The molecule has 1 aromatic carbocycles. The summed E-state index contributed by atoms with van der Waals surface area (Å²) in [5.41, 5.74) is 7.48. The van der Waals surface area contributed by atoms with Crippen molar-refractivity contribution in [2.45, 2.75) is 0 Å². The average Bonchev–Trinajstić information content (AvgIpc) is 3.09. The van der Waals surface area contributed by atoms with Crippen molar-refractivity contribution in [3.8, 4) is 27.7 Å². The molecule has 3 N–H and O–H groups in total. The molecule has 0 saturated carbocycles. The van der Waals surface area contributed by atoms with Crippen LogP contribution in [-0.4, -0.2) is 32.7 Å². The minimum absolute atomic E-state index is 0.404. The van der Waals surface area contributed by atoms with Crippen LogP contribution < -0.4 is 25.3 Å². The number of benzene rings is 1. The van der Waals surface area contributed by atoms with E-state index in [1.807, 2.05) is 18.2 Å². The van der Waals surface area contributed by atoms with Crippen molar-refractivity contribution in [2.24, 2.45) is 0 Å². The Kier molecular flexibility index (Phi) is 4.62. The standard InChI is InChI=1S/C17H17N3O4S/c1-22-12-4-9(5-13(23-2)15(12)24-3)14-6-10-16(25-14)11(20-8-21)7-19-17(10)18/h4-8H,1-3H3,(H2,18,19)(H,20,21). The van der Waals surface area contributed by atoms with Gasteiger partial charge in [-0.25, -0.2) is 4.98 Å². The summed E-state index contributed by atoms with van der Waals surface area (Å²) < 4.78 is 17.0. The lowest BCUT2D eigenvalue weighted by Gasteiger charge is -2.13. The summed E-state index contributed by atoms with van der Waals surface area (Å²) in [7, 11) is 4.70. The number of pyridine rings is 1. The summed E-state index contributed by atoms with van der Waals surface area (Å²) >= 11 is 1.49. The van der Waals surface area contributed by atoms with Crippen molar-refractivity contribution in [1.82, 2.24) is 4.98 Å². The number of hydrogen-bond donors (Lipinski definition) is 2. The zero-order valence-corrected chi connectivity index (χ0v) is 14.8. The molecular formula is C17H17N3O4S. The van der Waals surface area contributed by atoms with Crippen LogP contribution in [0.15, 0.2) is 24.4 Å². The minimum Gasteiger partial charge on any atom is -0.493 e. The van der Waals surface area contributed by atoms with Crippen molar-refractivity contribution in [3.63, 3.8) is 0 Å². The number of amides is 1. The number of nitrogens with one attached hydrogen (secondary N) is 1. The average molecular weight is 359 g/mol. The Bertz CT molecular complexity index is 914. The number of anilines is 2. The Balaban J connectivity index is 2.21. The first kappa shape index (κ1) is 16.8. The largest absolute Gasteiger partial charge is 0.493 e. The monoisotopic (exact) mass is 359 g/mol. The number of nitrogen functional groups attached to an aromatic ring is 1. The lowest BCUT2D eigenvalue weighted by atomic mass is 10.1. The lowest BCUT2D eigenvalue weighted by molar-refractivity contribution is -0.105. The minimum atomic E-state index is 0.404. The van der Waals surface area contributed by atoms with Gasteiger partial charge in [0.25, 0.3) is 0 Å². The van der Waals surface area contributed by atoms with E-state index in [9.17, 15) is 4.79 Å². The SMILES string of the molecule is COc1cc(-c2cc3c(N)ncc(NC=O)c3s2)cc(OC)c1OC. The molecule has 0 aliphatic carbocycles. The Labute approximate surface area is 148 Å². The zero-order chi connectivity index (χ0) is 18.0. The molecule has 0 fully saturated rings. The van der Waals surface area contributed by atoms with Gasteiger partial charge < -0.3 is 25.3 Å². The molecule has 0 atom stereocenters. The number of fused-ring (bicyclic) bond motifs is 1. The normalized spacial score (nSPS) is 10.5. The fourth-order valence-corrected chi connectivity index (χ4v) is 3.70. The first-order valence-corrected chi connectivity index (χ1v) is 8.13. The van der Waals surface area contributed by atoms with Crippen LogP contribution in [0.1, 0.15) is 0 Å². The first-order chi connectivity index (χ1) is 12.1. The molecule has 0 bridgehead atoms. The van der Waals surface area contributed by atoms with Crippen LogP contribution in [0.2, 0.25) is 0 Å². The highest BCUT2D eigenvalue weighted by Gasteiger charge is 2.17. The summed E-state index contributed by atoms with van der Waals surface area (Å²) in [6.07, 6.45) is 2.16. The van der Waals surface area contributed by atoms with Crippen LogP contribution in [-0.2, 0) is 4.79 Å². The Morgan fingerprint density at radius 3 is 2.36 bits per heavy atom. The smallest absolute Gasteiger partial charge is 0.211 e. The molecule has 2 heterocycles. The fourth-order valence-electron chi connectivity index (χ4n) is 2.58. The Morgan fingerprint density at radius 2 is 1.80 bits per heavy atom. The number of carbonyl (C=O) groups is 1. The molecule has 0 radical (unpaired) electrons. The number of aromatic nitrogens is 1. The number of nitrogens with two attached hydrogens (primary N) is 1. The van der Waals surface area contributed by atoms with Gasteiger partial charge >= 0.3 is 0 Å². The number of thiophene rings is 1. The van der Waals surface area contributed by atoms with E-state index < -0.39 is 0 Å². The van der Waals surface area contributed by atoms with Crippen LogP contribution in [0, 0.1) is 0 Å². The summed E-state index contributed by atoms with van der Waals surface area (Å²) in [4.78, 5) is 15.9. The van der Waals surface area contributed by atoms with E-state index in [-0.39, 0.29) is 0 Å². The molecule has 0 aliphatic heterocycles. The van der Waals surface area contributed by atoms with Gasteiger partial charge in [0.1, 0.15) is 5.82 Å². The molecular weight excluding hydrogens is 342 g/mol. The quantitative estimate of drug-likeness (QED) is 0.657. The second-order valence-electron chi connectivity index (χ2n) is 5.09. The van der Waals surface area contributed by atoms with Gasteiger partial charge in [0, 0.05) is 10.3 Å². The van der Waals surface area contributed by atoms with E-state index in [0.29, 0.717) is 35.2 Å². The maximum Gasteiger partial charge on any atom is 0.211 e. The van der Waals surface area contributed by atoms with Crippen LogP contribution in [0.3, 0.4) is 0 Å². The van der Waals surface area contributed by atoms with Crippen molar-refractivity contribution in [3.05, 3.63) is 24.4 Å². The van der Waals surface area contributed by atoms with Crippen LogP contribution in [0.25, 0.3) is 20.5 Å². The number of methoxy groups -OCH3 is 3. The van der Waals surface area contributed by atoms with Crippen molar-refractivity contribution >= 4 is 39.3 Å². The van der Waals surface area contributed by atoms with E-state index in [2.05, 4.69) is 10.3 Å². The molecule has 7 nitrogen and oxygen atoms in total. The predicted molar refractivity (Wildman–Crippen MR) is 98.8 cm³/mol. The molecule has 8 heteroatoms. The zero-order valence-electron chi connectivity index (χ0n) is 14.0. The fraction of sp³-hybridized carbons (Fsp3) is 0.176. The van der Waals surface area contributed by atoms with Crippen LogP contribution in [0.5, 0.6) is 17.2 Å². The molecule has 130 valence electrons. The molecule has 1 amide bonds. The number of ether oxygens (including phenoxy) is 3. The maximum atomic E-state index is 10.8. The van der Waals surface area contributed by atoms with Gasteiger partial charge in [0.2, 0.25) is 12.2 Å². The molecule has 3 rings (SSSR count). The van der Waals surface area contributed by atoms with Gasteiger partial charge in [-0.3, -0.25) is 4.79 Å². The summed E-state index contributed by atoms with van der Waals surface area (Å²) in [5, 5.41) is 3.43. The highest BCUT2D eigenvalue weighted by atomic mass is 32.1. The molecule has 0 aliphatic rings. The van der Waals surface area contributed by atoms with Crippen molar-refractivity contribution in [1.29, 1.82) is 0 Å². The topological polar surface area (TPSA) is 95.7 Å². The second kappa shape index (κ2) is 6.86. The third-order valence-corrected chi connectivity index (χ3v) is 4.97. The van der Waals surface area contributed by atoms with Gasteiger partial charge in [-0.2, -0.15) is 0 Å². The molecule has 0 spiro atoms. The van der Waals surface area contributed by atoms with Gasteiger partial charge in [-0.05, 0) is 23.8 Å². The van der Waals surface area contributed by atoms with Crippen LogP contribution >= 0.6 is 11.3 Å². The molecule has 2 aromatic heterocycles. The van der Waals surface area contributed by atoms with E-state index >= 15 is 0 Å². The number of hydrogen-bond acceptors (Lipinski definition) is 7. The second-order valence-corrected chi connectivity index (χ2v) is 6.14. The first-order valence-electron chi connectivity index (χ1n) is 7.31. The lowest BCUT2D eigenvalue weighted by Crippen LogP contribution is -1.97. The number of nitrogens with zero attached hydrogens (tertiary/aromatic N) is 1. The Morgan fingerprint density at radius 1 is 1.12 bits per heavy atom. The Hall–Kier alpha value is -3.00. The maximum absolute atomic E-state index is 10.8. The van der Waals surface area contributed by atoms with Crippen molar-refractivity contribution in [2.75, 3.05) is 32.4 Å². The van der Waals surface area contributed by atoms with E-state index in [1.165, 1.54) is 11.3 Å². The van der Waals surface area contributed by atoms with E-state index in [4.69, 9.17) is 19.9 Å². The van der Waals surface area contributed by atoms with Crippen LogP contribution in [0.4, 0.5) is 11.5 Å². The van der Waals surface area contributed by atoms with E-state index in [0.717, 1.165) is 20.5 Å². The third-order valence-electron chi connectivity index (χ3n) is 3.75. The van der Waals surface area contributed by atoms with Gasteiger partial charge in [-0.15, -0.1) is 11.3 Å². The number of carbonyl (C=O) groups excluding carboxylic acids is 1. The summed E-state index contributed by atoms with van der Waals surface area (Å²) in [6.45, 7) is 0.